The highest BCUT2D eigenvalue weighted by molar-refractivity contribution is 9.10. The number of hydrogen-bond acceptors (Lipinski definition) is 4. The lowest BCUT2D eigenvalue weighted by molar-refractivity contribution is 0.300. The molecule has 0 fully saturated rings. The average Bonchev–Trinajstić information content (AvgIpc) is 2.75. The predicted octanol–water partition coefficient (Wildman–Crippen LogP) is 3.48. The second-order valence-electron chi connectivity index (χ2n) is 3.13. The van der Waals surface area contributed by atoms with Crippen LogP contribution >= 0.6 is 38.6 Å². The smallest absolute Gasteiger partial charge is 0.133 e. The Balaban J connectivity index is 2.33. The molecule has 2 aromatic rings. The summed E-state index contributed by atoms with van der Waals surface area (Å²) in [5.74, 6) is 0. The van der Waals surface area contributed by atoms with Gasteiger partial charge in [0.05, 0.1) is 10.6 Å². The van der Waals surface area contributed by atoms with Gasteiger partial charge in [0.2, 0.25) is 0 Å². The maximum atomic E-state index is 8.90. The standard InChI is InChI=1S/C10H10BrNOS2/c1-6-8(2-3-13)15-10(12-6)9-4-7(11)5-14-9/h4-5,13H,2-3H2,1H3. The first-order valence-electron chi connectivity index (χ1n) is 4.52. The first-order chi connectivity index (χ1) is 7.20. The predicted molar refractivity (Wildman–Crippen MR) is 68.7 cm³/mol. The molecular weight excluding hydrogens is 294 g/mol. The third-order valence-corrected chi connectivity index (χ3v) is 5.09. The molecule has 0 radical (unpaired) electrons. The van der Waals surface area contributed by atoms with Crippen molar-refractivity contribution in [3.05, 3.63) is 26.5 Å². The maximum absolute atomic E-state index is 8.90. The number of thiophene rings is 1. The van der Waals surface area contributed by atoms with Gasteiger partial charge in [-0.1, -0.05) is 0 Å². The summed E-state index contributed by atoms with van der Waals surface area (Å²) >= 11 is 6.78. The van der Waals surface area contributed by atoms with Crippen LogP contribution in [-0.4, -0.2) is 16.7 Å². The van der Waals surface area contributed by atoms with Crippen molar-refractivity contribution in [2.24, 2.45) is 0 Å². The summed E-state index contributed by atoms with van der Waals surface area (Å²) in [4.78, 5) is 6.87. The Bertz CT molecular complexity index is 464. The van der Waals surface area contributed by atoms with Crippen LogP contribution in [0, 0.1) is 6.92 Å². The van der Waals surface area contributed by atoms with Crippen LogP contribution < -0.4 is 0 Å². The van der Waals surface area contributed by atoms with Crippen molar-refractivity contribution in [2.75, 3.05) is 6.61 Å². The van der Waals surface area contributed by atoms with Crippen molar-refractivity contribution < 1.29 is 5.11 Å². The average molecular weight is 304 g/mol. The molecule has 0 aliphatic heterocycles. The molecule has 2 heterocycles. The number of rotatable bonds is 3. The van der Waals surface area contributed by atoms with Crippen LogP contribution in [0.4, 0.5) is 0 Å². The maximum Gasteiger partial charge on any atom is 0.133 e. The summed E-state index contributed by atoms with van der Waals surface area (Å²) < 4.78 is 1.10. The van der Waals surface area contributed by atoms with Crippen LogP contribution in [0.1, 0.15) is 10.6 Å². The van der Waals surface area contributed by atoms with Crippen molar-refractivity contribution in [3.8, 4) is 9.88 Å². The van der Waals surface area contributed by atoms with Crippen LogP contribution in [0.5, 0.6) is 0 Å². The van der Waals surface area contributed by atoms with E-state index in [4.69, 9.17) is 5.11 Å². The molecule has 0 aromatic carbocycles. The molecule has 0 saturated heterocycles. The fourth-order valence-corrected chi connectivity index (χ4v) is 3.83. The summed E-state index contributed by atoms with van der Waals surface area (Å²) in [6.07, 6.45) is 0.704. The molecule has 15 heavy (non-hydrogen) atoms. The molecule has 0 aliphatic carbocycles. The Morgan fingerprint density at radius 3 is 2.93 bits per heavy atom. The highest BCUT2D eigenvalue weighted by atomic mass is 79.9. The Hall–Kier alpha value is -0.230. The van der Waals surface area contributed by atoms with Crippen molar-refractivity contribution in [2.45, 2.75) is 13.3 Å². The van der Waals surface area contributed by atoms with Crippen LogP contribution in [0.3, 0.4) is 0 Å². The van der Waals surface area contributed by atoms with Crippen molar-refractivity contribution in [1.29, 1.82) is 0 Å². The Morgan fingerprint density at radius 1 is 1.53 bits per heavy atom. The van der Waals surface area contributed by atoms with E-state index in [2.05, 4.69) is 32.4 Å². The number of hydrogen-bond donors (Lipinski definition) is 1. The summed E-state index contributed by atoms with van der Waals surface area (Å²) in [6.45, 7) is 2.18. The van der Waals surface area contributed by atoms with Gasteiger partial charge < -0.3 is 5.11 Å². The van der Waals surface area contributed by atoms with Gasteiger partial charge in [-0.15, -0.1) is 22.7 Å². The first kappa shape index (κ1) is 11.3. The van der Waals surface area contributed by atoms with E-state index in [1.807, 2.05) is 6.92 Å². The second kappa shape index (κ2) is 4.74. The van der Waals surface area contributed by atoms with Gasteiger partial charge in [0, 0.05) is 27.8 Å². The fourth-order valence-electron chi connectivity index (χ4n) is 1.29. The molecule has 80 valence electrons. The normalized spacial score (nSPS) is 10.9. The fraction of sp³-hybridized carbons (Fsp3) is 0.300. The zero-order chi connectivity index (χ0) is 10.8. The van der Waals surface area contributed by atoms with E-state index < -0.39 is 0 Å². The van der Waals surface area contributed by atoms with E-state index >= 15 is 0 Å². The zero-order valence-corrected chi connectivity index (χ0v) is 11.4. The number of nitrogens with zero attached hydrogens (tertiary/aromatic N) is 1. The Morgan fingerprint density at radius 2 is 2.33 bits per heavy atom. The van der Waals surface area contributed by atoms with Crippen molar-refractivity contribution in [3.63, 3.8) is 0 Å². The van der Waals surface area contributed by atoms with Gasteiger partial charge >= 0.3 is 0 Å². The van der Waals surface area contributed by atoms with Crippen molar-refractivity contribution in [1.82, 2.24) is 4.98 Å². The van der Waals surface area contributed by atoms with Gasteiger partial charge in [-0.25, -0.2) is 4.98 Å². The molecule has 0 spiro atoms. The number of aryl methyl sites for hydroxylation is 1. The summed E-state index contributed by atoms with van der Waals surface area (Å²) in [5, 5.41) is 12.0. The molecular formula is C10H10BrNOS2. The Labute approximate surface area is 105 Å². The zero-order valence-electron chi connectivity index (χ0n) is 8.16. The molecule has 0 unspecified atom stereocenters. The van der Waals surface area contributed by atoms with E-state index in [-0.39, 0.29) is 6.61 Å². The second-order valence-corrected chi connectivity index (χ2v) is 6.04. The molecule has 5 heteroatoms. The molecule has 0 aliphatic rings. The van der Waals surface area contributed by atoms with Gasteiger partial charge in [0.1, 0.15) is 5.01 Å². The third kappa shape index (κ3) is 2.47. The molecule has 2 rings (SSSR count). The molecule has 2 nitrogen and oxygen atoms in total. The highest BCUT2D eigenvalue weighted by Gasteiger charge is 2.10. The number of aliphatic hydroxyl groups is 1. The molecule has 2 aromatic heterocycles. The summed E-state index contributed by atoms with van der Waals surface area (Å²) in [6, 6.07) is 2.08. The van der Waals surface area contributed by atoms with Crippen LogP contribution in [0.15, 0.2) is 15.9 Å². The Kier molecular flexibility index (Phi) is 3.56. The number of aromatic nitrogens is 1. The largest absolute Gasteiger partial charge is 0.396 e. The number of halogens is 1. The number of aliphatic hydroxyl groups excluding tert-OH is 1. The van der Waals surface area contributed by atoms with Crippen molar-refractivity contribution >= 4 is 38.6 Å². The van der Waals surface area contributed by atoms with Gasteiger partial charge in [0.25, 0.3) is 0 Å². The quantitative estimate of drug-likeness (QED) is 0.942. The lowest BCUT2D eigenvalue weighted by Crippen LogP contribution is -1.88. The molecule has 1 N–H and O–H groups in total. The SMILES string of the molecule is Cc1nc(-c2cc(Br)cs2)sc1CCO. The minimum absolute atomic E-state index is 0.191. The van der Waals surface area contributed by atoms with Gasteiger partial charge in [-0.3, -0.25) is 0 Å². The van der Waals surface area contributed by atoms with Gasteiger partial charge in [-0.2, -0.15) is 0 Å². The minimum atomic E-state index is 0.191. The molecule has 0 saturated carbocycles. The molecule has 0 bridgehead atoms. The third-order valence-electron chi connectivity index (χ3n) is 2.01. The monoisotopic (exact) mass is 303 g/mol. The van der Waals surface area contributed by atoms with Crippen LogP contribution in [-0.2, 0) is 6.42 Å². The molecule has 0 amide bonds. The lowest BCUT2D eigenvalue weighted by atomic mass is 10.3. The minimum Gasteiger partial charge on any atom is -0.396 e. The first-order valence-corrected chi connectivity index (χ1v) is 7.01. The summed E-state index contributed by atoms with van der Waals surface area (Å²) in [7, 11) is 0. The van der Waals surface area contributed by atoms with E-state index in [1.165, 1.54) is 9.75 Å². The van der Waals surface area contributed by atoms with Crippen LogP contribution in [0.2, 0.25) is 0 Å². The molecule has 0 atom stereocenters. The summed E-state index contributed by atoms with van der Waals surface area (Å²) in [5.41, 5.74) is 1.04. The van der Waals surface area contributed by atoms with Gasteiger partial charge in [-0.05, 0) is 28.9 Å². The van der Waals surface area contributed by atoms with Crippen LogP contribution in [0.25, 0.3) is 9.88 Å². The highest BCUT2D eigenvalue weighted by Crippen LogP contribution is 2.34. The number of thiazole rings is 1. The van der Waals surface area contributed by atoms with E-state index in [1.54, 1.807) is 22.7 Å². The topological polar surface area (TPSA) is 33.1 Å². The van der Waals surface area contributed by atoms with E-state index in [9.17, 15) is 0 Å². The van der Waals surface area contributed by atoms with E-state index in [0.29, 0.717) is 6.42 Å². The lowest BCUT2D eigenvalue weighted by Gasteiger charge is -1.90. The van der Waals surface area contributed by atoms with E-state index in [0.717, 1.165) is 15.2 Å². The van der Waals surface area contributed by atoms with Gasteiger partial charge in [0.15, 0.2) is 0 Å².